The fourth-order valence-corrected chi connectivity index (χ4v) is 2.89. The average Bonchev–Trinajstić information content (AvgIpc) is 2.81. The highest BCUT2D eigenvalue weighted by Gasteiger charge is 2.41. The Kier molecular flexibility index (Phi) is 4.82. The van der Waals surface area contributed by atoms with Gasteiger partial charge in [0.05, 0.1) is 12.2 Å². The molecule has 7 heteroatoms. The molecule has 20 heavy (non-hydrogen) atoms. The molecule has 2 fully saturated rings. The van der Waals surface area contributed by atoms with Gasteiger partial charge >= 0.3 is 12.0 Å². The van der Waals surface area contributed by atoms with Crippen LogP contribution in [0.4, 0.5) is 4.79 Å². The van der Waals surface area contributed by atoms with Gasteiger partial charge in [-0.25, -0.2) is 9.59 Å². The van der Waals surface area contributed by atoms with Crippen molar-refractivity contribution in [1.82, 2.24) is 9.80 Å². The van der Waals surface area contributed by atoms with Crippen molar-refractivity contribution in [3.63, 3.8) is 0 Å². The summed E-state index contributed by atoms with van der Waals surface area (Å²) in [5.74, 6) is -1.06. The van der Waals surface area contributed by atoms with Crippen molar-refractivity contribution < 1.29 is 24.5 Å². The molecule has 2 N–H and O–H groups in total. The fourth-order valence-electron chi connectivity index (χ4n) is 2.89. The van der Waals surface area contributed by atoms with Crippen LogP contribution < -0.4 is 0 Å². The van der Waals surface area contributed by atoms with E-state index >= 15 is 0 Å². The number of carbonyl (C=O) groups excluding carboxylic acids is 1. The van der Waals surface area contributed by atoms with E-state index in [4.69, 9.17) is 9.84 Å². The predicted molar refractivity (Wildman–Crippen MR) is 70.4 cm³/mol. The molecule has 2 atom stereocenters. The molecule has 0 aromatic carbocycles. The second-order valence-electron chi connectivity index (χ2n) is 5.32. The highest BCUT2D eigenvalue weighted by Crippen LogP contribution is 2.22. The second kappa shape index (κ2) is 6.41. The van der Waals surface area contributed by atoms with Crippen LogP contribution in [0.25, 0.3) is 0 Å². The summed E-state index contributed by atoms with van der Waals surface area (Å²) in [4.78, 5) is 26.4. The zero-order valence-electron chi connectivity index (χ0n) is 11.7. The number of aliphatic hydroxyl groups excluding tert-OH is 1. The predicted octanol–water partition coefficient (Wildman–Crippen LogP) is 0.127. The van der Waals surface area contributed by atoms with Crippen molar-refractivity contribution in [2.24, 2.45) is 0 Å². The van der Waals surface area contributed by atoms with Gasteiger partial charge in [0.15, 0.2) is 0 Å². The van der Waals surface area contributed by atoms with Gasteiger partial charge in [0.2, 0.25) is 0 Å². The Balaban J connectivity index is 1.93. The van der Waals surface area contributed by atoms with E-state index < -0.39 is 18.1 Å². The third-order valence-electron chi connectivity index (χ3n) is 3.92. The minimum absolute atomic E-state index is 0.0984. The molecule has 0 spiro atoms. The standard InChI is InChI=1S/C13H22N2O5/c1-2-20-10-3-5-14(6-4-10)13(19)15-8-9(16)7-11(15)12(17)18/h9-11,16H,2-8H2,1H3,(H,17,18)/t9-,11-/m1/s1. The van der Waals surface area contributed by atoms with Crippen LogP contribution in [-0.4, -0.2) is 76.5 Å². The summed E-state index contributed by atoms with van der Waals surface area (Å²) in [6.45, 7) is 3.85. The minimum Gasteiger partial charge on any atom is -0.480 e. The lowest BCUT2D eigenvalue weighted by Gasteiger charge is -2.35. The maximum atomic E-state index is 12.4. The lowest BCUT2D eigenvalue weighted by molar-refractivity contribution is -0.141. The van der Waals surface area contributed by atoms with Gasteiger partial charge in [-0.15, -0.1) is 0 Å². The largest absolute Gasteiger partial charge is 0.480 e. The summed E-state index contributed by atoms with van der Waals surface area (Å²) < 4.78 is 5.53. The first-order valence-corrected chi connectivity index (χ1v) is 7.11. The van der Waals surface area contributed by atoms with Crippen molar-refractivity contribution in [3.05, 3.63) is 0 Å². The number of hydrogen-bond donors (Lipinski definition) is 2. The molecule has 7 nitrogen and oxygen atoms in total. The molecule has 0 aliphatic carbocycles. The number of carbonyl (C=O) groups is 2. The number of piperidine rings is 1. The number of ether oxygens (including phenoxy) is 1. The number of hydrogen-bond acceptors (Lipinski definition) is 4. The Morgan fingerprint density at radius 1 is 1.30 bits per heavy atom. The molecule has 0 aromatic heterocycles. The van der Waals surface area contributed by atoms with Gasteiger partial charge in [0.1, 0.15) is 6.04 Å². The lowest BCUT2D eigenvalue weighted by Crippen LogP contribution is -2.51. The number of rotatable bonds is 3. The van der Waals surface area contributed by atoms with Crippen LogP contribution in [0, 0.1) is 0 Å². The third-order valence-corrected chi connectivity index (χ3v) is 3.92. The summed E-state index contributed by atoms with van der Waals surface area (Å²) in [5, 5.41) is 18.7. The van der Waals surface area contributed by atoms with E-state index in [1.807, 2.05) is 6.92 Å². The summed E-state index contributed by atoms with van der Waals surface area (Å²) in [6.07, 6.45) is 1.09. The maximum Gasteiger partial charge on any atom is 0.326 e. The molecule has 2 saturated heterocycles. The Morgan fingerprint density at radius 2 is 1.95 bits per heavy atom. The van der Waals surface area contributed by atoms with Gasteiger partial charge in [-0.05, 0) is 19.8 Å². The molecule has 0 aromatic rings. The van der Waals surface area contributed by atoms with E-state index in [1.165, 1.54) is 4.90 Å². The summed E-state index contributed by atoms with van der Waals surface area (Å²) >= 11 is 0. The first-order valence-electron chi connectivity index (χ1n) is 7.11. The third kappa shape index (κ3) is 3.21. The smallest absolute Gasteiger partial charge is 0.326 e. The van der Waals surface area contributed by atoms with E-state index in [0.29, 0.717) is 19.7 Å². The van der Waals surface area contributed by atoms with Crippen LogP contribution in [-0.2, 0) is 9.53 Å². The zero-order valence-corrected chi connectivity index (χ0v) is 11.7. The van der Waals surface area contributed by atoms with Gasteiger partial charge in [0, 0.05) is 32.7 Å². The topological polar surface area (TPSA) is 90.3 Å². The van der Waals surface area contributed by atoms with Gasteiger partial charge < -0.3 is 24.7 Å². The lowest BCUT2D eigenvalue weighted by atomic mass is 10.1. The molecule has 0 radical (unpaired) electrons. The Labute approximate surface area is 118 Å². The molecule has 0 unspecified atom stereocenters. The Bertz CT molecular complexity index is 368. The number of carboxylic acid groups (broad SMARTS) is 1. The summed E-state index contributed by atoms with van der Waals surface area (Å²) in [5.41, 5.74) is 0. The van der Waals surface area contributed by atoms with Gasteiger partial charge in [-0.3, -0.25) is 0 Å². The van der Waals surface area contributed by atoms with E-state index in [1.54, 1.807) is 4.90 Å². The molecule has 114 valence electrons. The molecular weight excluding hydrogens is 264 g/mol. The Hall–Kier alpha value is -1.34. The first-order chi connectivity index (χ1) is 9.52. The first kappa shape index (κ1) is 15.1. The van der Waals surface area contributed by atoms with Crippen LogP contribution in [0.2, 0.25) is 0 Å². The number of β-amino-alcohol motifs (C(OH)–C–C–N with tert-alkyl or cyclic N) is 1. The van der Waals surface area contributed by atoms with Crippen LogP contribution in [0.5, 0.6) is 0 Å². The van der Waals surface area contributed by atoms with Crippen LogP contribution in [0.1, 0.15) is 26.2 Å². The molecule has 2 rings (SSSR count). The normalized spacial score (nSPS) is 27.9. The van der Waals surface area contributed by atoms with Gasteiger partial charge in [0.25, 0.3) is 0 Å². The number of carboxylic acids is 1. The number of aliphatic carboxylic acids is 1. The number of nitrogens with zero attached hydrogens (tertiary/aromatic N) is 2. The maximum absolute atomic E-state index is 12.4. The molecule has 0 saturated carbocycles. The zero-order chi connectivity index (χ0) is 14.7. The van der Waals surface area contributed by atoms with Crippen LogP contribution >= 0.6 is 0 Å². The summed E-state index contributed by atoms with van der Waals surface area (Å²) in [7, 11) is 0. The number of amides is 2. The van der Waals surface area contributed by atoms with Crippen molar-refractivity contribution in [3.8, 4) is 0 Å². The monoisotopic (exact) mass is 286 g/mol. The quantitative estimate of drug-likeness (QED) is 0.769. The van der Waals surface area contributed by atoms with Crippen molar-refractivity contribution in [1.29, 1.82) is 0 Å². The van der Waals surface area contributed by atoms with Gasteiger partial charge in [-0.1, -0.05) is 0 Å². The highest BCUT2D eigenvalue weighted by molar-refractivity contribution is 5.83. The summed E-state index contributed by atoms with van der Waals surface area (Å²) in [6, 6.07) is -1.20. The average molecular weight is 286 g/mol. The van der Waals surface area contributed by atoms with Crippen LogP contribution in [0.15, 0.2) is 0 Å². The van der Waals surface area contributed by atoms with Crippen LogP contribution in [0.3, 0.4) is 0 Å². The van der Waals surface area contributed by atoms with E-state index in [-0.39, 0.29) is 25.1 Å². The highest BCUT2D eigenvalue weighted by atomic mass is 16.5. The fraction of sp³-hybridized carbons (Fsp3) is 0.846. The molecule has 2 amide bonds. The van der Waals surface area contributed by atoms with Crippen molar-refractivity contribution >= 4 is 12.0 Å². The molecule has 2 heterocycles. The molecular formula is C13H22N2O5. The number of urea groups is 1. The number of likely N-dealkylation sites (tertiary alicyclic amines) is 2. The molecule has 2 aliphatic rings. The van der Waals surface area contributed by atoms with E-state index in [0.717, 1.165) is 12.8 Å². The van der Waals surface area contributed by atoms with E-state index in [2.05, 4.69) is 0 Å². The van der Waals surface area contributed by atoms with E-state index in [9.17, 15) is 14.7 Å². The second-order valence-corrected chi connectivity index (χ2v) is 5.32. The van der Waals surface area contributed by atoms with Crippen molar-refractivity contribution in [2.45, 2.75) is 44.4 Å². The van der Waals surface area contributed by atoms with Crippen molar-refractivity contribution in [2.75, 3.05) is 26.2 Å². The SMILES string of the molecule is CCOC1CCN(C(=O)N2C[C@H](O)C[C@@H]2C(=O)O)CC1. The molecule has 2 aliphatic heterocycles. The van der Waals surface area contributed by atoms with Gasteiger partial charge in [-0.2, -0.15) is 0 Å². The molecule has 0 bridgehead atoms. The number of aliphatic hydroxyl groups is 1. The Morgan fingerprint density at radius 3 is 2.50 bits per heavy atom. The minimum atomic E-state index is -1.06.